The average Bonchev–Trinajstić information content (AvgIpc) is 2.82. The van der Waals surface area contributed by atoms with Crippen LogP contribution in [0.3, 0.4) is 0 Å². The Morgan fingerprint density at radius 2 is 1.36 bits per heavy atom. The lowest BCUT2D eigenvalue weighted by atomic mass is 9.59. The first-order valence-corrected chi connectivity index (χ1v) is 12.9. The lowest BCUT2D eigenvalue weighted by molar-refractivity contribution is -0.179. The van der Waals surface area contributed by atoms with E-state index in [9.17, 15) is 14.4 Å². The van der Waals surface area contributed by atoms with Crippen LogP contribution in [0.1, 0.15) is 79.7 Å². The molecular formula is C29H33BrO6. The highest BCUT2D eigenvalue weighted by Crippen LogP contribution is 2.49. The molecule has 2 atom stereocenters. The highest BCUT2D eigenvalue weighted by molar-refractivity contribution is 9.08. The fourth-order valence-corrected chi connectivity index (χ4v) is 5.36. The van der Waals surface area contributed by atoms with Gasteiger partial charge >= 0.3 is 17.9 Å². The van der Waals surface area contributed by atoms with Gasteiger partial charge < -0.3 is 14.2 Å². The second kappa shape index (κ2) is 10.6. The maximum Gasteiger partial charge on any atom is 0.337 e. The van der Waals surface area contributed by atoms with Crippen molar-refractivity contribution in [1.82, 2.24) is 0 Å². The van der Waals surface area contributed by atoms with Crippen molar-refractivity contribution >= 4 is 46.0 Å². The van der Waals surface area contributed by atoms with E-state index in [1.165, 1.54) is 21.0 Å². The molecule has 6 nitrogen and oxygen atoms in total. The summed E-state index contributed by atoms with van der Waals surface area (Å²) in [5.41, 5.74) is 4.39. The number of benzene rings is 2. The van der Waals surface area contributed by atoms with Gasteiger partial charge in [-0.2, -0.15) is 0 Å². The van der Waals surface area contributed by atoms with Gasteiger partial charge in [-0.05, 0) is 39.9 Å². The molecule has 0 N–H and O–H groups in total. The van der Waals surface area contributed by atoms with E-state index in [1.807, 2.05) is 52.0 Å². The molecule has 0 aromatic heterocycles. The molecule has 0 amide bonds. The van der Waals surface area contributed by atoms with E-state index in [0.717, 1.165) is 27.8 Å². The van der Waals surface area contributed by atoms with E-state index < -0.39 is 35.0 Å². The normalized spacial score (nSPS) is 19.9. The fraction of sp³-hybridized carbons (Fsp3) is 0.414. The number of hydrogen-bond donors (Lipinski definition) is 0. The summed E-state index contributed by atoms with van der Waals surface area (Å²) in [6, 6.07) is 11.5. The van der Waals surface area contributed by atoms with Crippen molar-refractivity contribution in [2.75, 3.05) is 7.11 Å². The highest BCUT2D eigenvalue weighted by atomic mass is 79.9. The van der Waals surface area contributed by atoms with Crippen LogP contribution in [0.25, 0.3) is 12.2 Å². The Morgan fingerprint density at radius 1 is 0.861 bits per heavy atom. The number of halogens is 1. The summed E-state index contributed by atoms with van der Waals surface area (Å²) < 4.78 is 16.3. The van der Waals surface area contributed by atoms with Crippen molar-refractivity contribution in [2.24, 2.45) is 0 Å². The van der Waals surface area contributed by atoms with Gasteiger partial charge in [0.05, 0.1) is 12.7 Å². The summed E-state index contributed by atoms with van der Waals surface area (Å²) in [5.74, 6) is -1.21. The fourth-order valence-electron chi connectivity index (χ4n) is 4.87. The lowest BCUT2D eigenvalue weighted by Gasteiger charge is -2.51. The molecule has 0 bridgehead atoms. The first-order chi connectivity index (χ1) is 16.8. The van der Waals surface area contributed by atoms with Gasteiger partial charge in [0.15, 0.2) is 0 Å². The minimum Gasteiger partial charge on any atom is -0.465 e. The van der Waals surface area contributed by atoms with E-state index in [1.54, 1.807) is 12.1 Å². The zero-order chi connectivity index (χ0) is 26.8. The quantitative estimate of drug-likeness (QED) is 0.189. The lowest BCUT2D eigenvalue weighted by Crippen LogP contribution is -2.59. The number of fused-ring (bicyclic) bond motifs is 1. The smallest absolute Gasteiger partial charge is 0.337 e. The molecule has 0 fully saturated rings. The minimum absolute atomic E-state index is 0.374. The van der Waals surface area contributed by atoms with Crippen LogP contribution >= 0.6 is 15.9 Å². The molecule has 192 valence electrons. The van der Waals surface area contributed by atoms with Crippen LogP contribution in [0, 0.1) is 0 Å². The monoisotopic (exact) mass is 556 g/mol. The van der Waals surface area contributed by atoms with Gasteiger partial charge in [0.1, 0.15) is 12.2 Å². The van der Waals surface area contributed by atoms with E-state index >= 15 is 0 Å². The van der Waals surface area contributed by atoms with Gasteiger partial charge in [0.25, 0.3) is 0 Å². The highest BCUT2D eigenvalue weighted by Gasteiger charge is 2.55. The molecule has 0 unspecified atom stereocenters. The summed E-state index contributed by atoms with van der Waals surface area (Å²) in [7, 11) is 1.36. The van der Waals surface area contributed by atoms with Crippen LogP contribution in [0.2, 0.25) is 0 Å². The number of carbonyl (C=O) groups is 3. The molecule has 1 aliphatic rings. The number of ether oxygens (including phenoxy) is 3. The van der Waals surface area contributed by atoms with E-state index in [-0.39, 0.29) is 5.97 Å². The zero-order valence-corrected chi connectivity index (χ0v) is 23.4. The maximum atomic E-state index is 12.1. The number of rotatable bonds is 6. The molecule has 7 heteroatoms. The zero-order valence-electron chi connectivity index (χ0n) is 21.8. The van der Waals surface area contributed by atoms with Gasteiger partial charge in [0.2, 0.25) is 0 Å². The van der Waals surface area contributed by atoms with Crippen LogP contribution in [0.5, 0.6) is 0 Å². The van der Waals surface area contributed by atoms with Crippen LogP contribution in [-0.2, 0) is 40.0 Å². The molecule has 3 rings (SSSR count). The molecule has 0 aliphatic heterocycles. The van der Waals surface area contributed by atoms with Gasteiger partial charge in [-0.15, -0.1) is 0 Å². The molecule has 0 saturated heterocycles. The SMILES string of the molecule is COC(=O)c1ccc(C=Cc2cc3c(cc2CBr)C(C)(C)[C@H](OC(C)=O)[C@H](OC(C)=O)C3(C)C)cc1. The van der Waals surface area contributed by atoms with E-state index in [4.69, 9.17) is 14.2 Å². The van der Waals surface area contributed by atoms with Crippen molar-refractivity contribution < 1.29 is 28.6 Å². The Morgan fingerprint density at radius 3 is 1.81 bits per heavy atom. The molecule has 2 aromatic rings. The Labute approximate surface area is 221 Å². The summed E-state index contributed by atoms with van der Waals surface area (Å²) in [5, 5.41) is 0.628. The molecule has 1 aliphatic carbocycles. The first-order valence-electron chi connectivity index (χ1n) is 11.8. The molecule has 36 heavy (non-hydrogen) atoms. The van der Waals surface area contributed by atoms with Crippen molar-refractivity contribution in [3.05, 3.63) is 69.8 Å². The van der Waals surface area contributed by atoms with Gasteiger partial charge in [-0.25, -0.2) is 4.79 Å². The predicted molar refractivity (Wildman–Crippen MR) is 143 cm³/mol. The number of hydrogen-bond acceptors (Lipinski definition) is 6. The minimum atomic E-state index is -0.654. The standard InChI is InChI=1S/C29H33BrO6/c1-17(31)35-25-26(36-18(2)32)29(5,6)24-15-22(16-30)21(14-23(24)28(25,3)4)13-10-19-8-11-20(12-9-19)27(33)34-7/h8-15,25-26H,16H2,1-7H3/t25-,26+/m0/s1. The maximum absolute atomic E-state index is 12.1. The van der Waals surface area contributed by atoms with Gasteiger partial charge in [0, 0.05) is 30.0 Å². The van der Waals surface area contributed by atoms with Crippen LogP contribution in [0.15, 0.2) is 36.4 Å². The van der Waals surface area contributed by atoms with Crippen LogP contribution < -0.4 is 0 Å². The molecular weight excluding hydrogens is 524 g/mol. The average molecular weight is 557 g/mol. The first kappa shape index (κ1) is 27.7. The second-order valence-electron chi connectivity index (χ2n) is 10.2. The third kappa shape index (κ3) is 5.41. The van der Waals surface area contributed by atoms with Crippen molar-refractivity contribution in [3.63, 3.8) is 0 Å². The Bertz CT molecular complexity index is 1190. The Balaban J connectivity index is 2.11. The second-order valence-corrected chi connectivity index (χ2v) is 10.7. The summed E-state index contributed by atoms with van der Waals surface area (Å²) in [4.78, 5) is 35.8. The third-order valence-electron chi connectivity index (χ3n) is 6.88. The largest absolute Gasteiger partial charge is 0.465 e. The van der Waals surface area contributed by atoms with Crippen LogP contribution in [-0.4, -0.2) is 37.2 Å². The number of methoxy groups -OCH3 is 1. The number of esters is 3. The topological polar surface area (TPSA) is 78.9 Å². The molecule has 0 radical (unpaired) electrons. The molecule has 0 spiro atoms. The third-order valence-corrected chi connectivity index (χ3v) is 7.49. The summed E-state index contributed by atoms with van der Waals surface area (Å²) in [6.45, 7) is 10.8. The van der Waals surface area contributed by atoms with Crippen molar-refractivity contribution in [3.8, 4) is 0 Å². The Hall–Kier alpha value is -2.93. The molecule has 0 heterocycles. The molecule has 2 aromatic carbocycles. The molecule has 0 saturated carbocycles. The predicted octanol–water partition coefficient (Wildman–Crippen LogP) is 5.97. The van der Waals surface area contributed by atoms with Crippen molar-refractivity contribution in [2.45, 2.75) is 69.9 Å². The van der Waals surface area contributed by atoms with Gasteiger partial charge in [-0.1, -0.05) is 80.0 Å². The van der Waals surface area contributed by atoms with Gasteiger partial charge in [-0.3, -0.25) is 9.59 Å². The Kier molecular flexibility index (Phi) is 8.13. The number of carbonyl (C=O) groups excluding carboxylic acids is 3. The van der Waals surface area contributed by atoms with Crippen molar-refractivity contribution in [1.29, 1.82) is 0 Å². The summed E-state index contributed by atoms with van der Waals surface area (Å²) in [6.07, 6.45) is 2.73. The summed E-state index contributed by atoms with van der Waals surface area (Å²) >= 11 is 3.62. The van der Waals surface area contributed by atoms with E-state index in [2.05, 4.69) is 28.1 Å². The van der Waals surface area contributed by atoms with Crippen LogP contribution in [0.4, 0.5) is 0 Å². The number of alkyl halides is 1. The van der Waals surface area contributed by atoms with E-state index in [0.29, 0.717) is 10.9 Å².